The van der Waals surface area contributed by atoms with Gasteiger partial charge in [-0.2, -0.15) is 0 Å². The van der Waals surface area contributed by atoms with E-state index in [0.717, 1.165) is 78.4 Å². The van der Waals surface area contributed by atoms with Crippen LogP contribution >= 0.6 is 22.6 Å². The molecule has 1 amide bonds. The second kappa shape index (κ2) is 27.6. The number of terminal acetylenes is 1. The maximum absolute atomic E-state index is 11.4. The van der Waals surface area contributed by atoms with Crippen LogP contribution in [0.3, 0.4) is 0 Å². The van der Waals surface area contributed by atoms with Gasteiger partial charge in [0, 0.05) is 94.6 Å². The Bertz CT molecular complexity index is 2760. The molecule has 2 aliphatic carbocycles. The summed E-state index contributed by atoms with van der Waals surface area (Å²) >= 11 is 2.29. The number of hydrogen-bond acceptors (Lipinski definition) is 13. The van der Waals surface area contributed by atoms with Gasteiger partial charge in [-0.05, 0) is 138 Å². The van der Waals surface area contributed by atoms with Crippen LogP contribution in [-0.4, -0.2) is 83.4 Å². The number of aliphatic hydroxyl groups excluding tert-OH is 2. The van der Waals surface area contributed by atoms with Gasteiger partial charge in [0.2, 0.25) is 0 Å². The topological polar surface area (TPSA) is 211 Å². The zero-order valence-electron chi connectivity index (χ0n) is 42.3. The summed E-state index contributed by atoms with van der Waals surface area (Å²) in [5.74, 6) is 13.9. The van der Waals surface area contributed by atoms with Crippen molar-refractivity contribution < 1.29 is 43.0 Å². The number of nitrogens with zero attached hydrogens (tertiary/aromatic N) is 6. The van der Waals surface area contributed by atoms with E-state index in [9.17, 15) is 15.0 Å². The van der Waals surface area contributed by atoms with Crippen LogP contribution in [-0.2, 0) is 27.3 Å². The van der Waals surface area contributed by atoms with Gasteiger partial charge in [0.15, 0.2) is 17.8 Å². The van der Waals surface area contributed by atoms with E-state index in [1.165, 1.54) is 3.57 Å². The molecule has 2 saturated carbocycles. The molecule has 16 nitrogen and oxygen atoms in total. The molecule has 0 radical (unpaired) electrons. The van der Waals surface area contributed by atoms with E-state index >= 15 is 0 Å². The van der Waals surface area contributed by atoms with E-state index in [-0.39, 0.29) is 49.0 Å². The monoisotopic (exact) mass is 1130 g/mol. The number of nitrogens with two attached hydrogens (primary N) is 1. The first kappa shape index (κ1) is 59.0. The van der Waals surface area contributed by atoms with Gasteiger partial charge in [-0.1, -0.05) is 48.6 Å². The molecule has 0 spiro atoms. The highest BCUT2D eigenvalue weighted by Gasteiger charge is 2.41. The summed E-state index contributed by atoms with van der Waals surface area (Å²) in [6, 6.07) is 19.8. The Balaban J connectivity index is 0.000000211. The SMILES string of the molecule is C.C#C[C@H]1C[C@@H]1C(C)CNC(=O)OC(C)(C)C.C[C@H](O)c1nccn1Cc1cc(-c2ccc(C#C[C@H]3C[C@@H]3C(O)CN)cc2)on1.C[C@H](OC1CCCCO1)c1nccn1Cc1cc(-c2ccc(I)cc2)on1.F. The number of aliphatic hydroxyl groups is 2. The second-order valence-corrected chi connectivity index (χ2v) is 20.9. The fourth-order valence-corrected chi connectivity index (χ4v) is 8.73. The van der Waals surface area contributed by atoms with Crippen molar-refractivity contribution in [2.75, 3.05) is 19.7 Å². The van der Waals surface area contributed by atoms with Crippen LogP contribution < -0.4 is 11.1 Å². The predicted octanol–water partition coefficient (Wildman–Crippen LogP) is 9.95. The van der Waals surface area contributed by atoms with E-state index in [4.69, 9.17) is 35.4 Å². The van der Waals surface area contributed by atoms with Gasteiger partial charge in [-0.25, -0.2) is 14.8 Å². The molecule has 4 aromatic heterocycles. The molecule has 0 bridgehead atoms. The third-order valence-electron chi connectivity index (χ3n) is 12.5. The van der Waals surface area contributed by atoms with Crippen molar-refractivity contribution in [1.82, 2.24) is 34.7 Å². The Hall–Kier alpha value is -5.87. The molecule has 1 aliphatic heterocycles. The molecule has 3 fully saturated rings. The van der Waals surface area contributed by atoms with Crippen molar-refractivity contribution >= 4 is 28.7 Å². The maximum atomic E-state index is 11.4. The first-order valence-electron chi connectivity index (χ1n) is 24.6. The molecule has 6 aromatic rings. The van der Waals surface area contributed by atoms with Crippen molar-refractivity contribution in [1.29, 1.82) is 0 Å². The molecule has 2 aromatic carbocycles. The van der Waals surface area contributed by atoms with E-state index in [2.05, 4.69) is 85.0 Å². The first-order valence-corrected chi connectivity index (χ1v) is 25.7. The molecule has 5 heterocycles. The Labute approximate surface area is 448 Å². The number of amides is 1. The van der Waals surface area contributed by atoms with Crippen LogP contribution in [0.5, 0.6) is 0 Å². The van der Waals surface area contributed by atoms with Gasteiger partial charge < -0.3 is 53.7 Å². The van der Waals surface area contributed by atoms with Crippen molar-refractivity contribution in [3.63, 3.8) is 0 Å². The number of carbonyl (C=O) groups excluding carboxylic acids is 1. The Morgan fingerprint density at radius 3 is 2.01 bits per heavy atom. The number of benzene rings is 2. The van der Waals surface area contributed by atoms with Gasteiger partial charge in [0.1, 0.15) is 40.8 Å². The molecule has 1 saturated heterocycles. The van der Waals surface area contributed by atoms with Crippen LogP contribution in [0.15, 0.2) is 94.5 Å². The molecule has 74 heavy (non-hydrogen) atoms. The fourth-order valence-electron chi connectivity index (χ4n) is 8.37. The number of nitrogens with one attached hydrogen (secondary N) is 1. The standard InChI is InChI=1S/C22H24N4O3.C20H22IN3O3.C13H21NO2.CH4.FH/c1-14(27)22-24-8-9-26(22)13-18-11-21(29-25-18)16-5-2-15(3-6-16)4-7-17-10-19(17)20(28)12-23;1-14(26-19-4-2-3-11-25-19)20-22-9-10-24(20)13-17-12-18(27-23-17)15-5-7-16(21)8-6-15;1-6-10-7-11(10)9(2)8-14-12(15)16-13(3,4)5;;/h2-3,5-6,8-9,11,14,17,19-20,27-28H,10,12-13,23H2,1H3;5-10,12,14,19H,2-4,11,13H2,1H3;1,9-11H,7-8H2,2-5H3,(H,14,15);1H4;1H/t14-,17-,19-,20?;14-,19?;9?,10-,11+;;/m000../s1. The largest absolute Gasteiger partial charge is 0.444 e. The second-order valence-electron chi connectivity index (χ2n) is 19.6. The van der Waals surface area contributed by atoms with Gasteiger partial charge >= 0.3 is 6.09 Å². The Morgan fingerprint density at radius 1 is 0.892 bits per heavy atom. The summed E-state index contributed by atoms with van der Waals surface area (Å²) < 4.78 is 33.0. The number of imidazole rings is 2. The smallest absolute Gasteiger partial charge is 0.407 e. The molecule has 9 atom stereocenters. The van der Waals surface area contributed by atoms with Crippen LogP contribution in [0.2, 0.25) is 0 Å². The summed E-state index contributed by atoms with van der Waals surface area (Å²) in [4.78, 5) is 20.0. The highest BCUT2D eigenvalue weighted by molar-refractivity contribution is 14.1. The average molecular weight is 1130 g/mol. The van der Waals surface area contributed by atoms with Crippen LogP contribution in [0, 0.1) is 57.3 Å². The first-order chi connectivity index (χ1) is 34.6. The Kier molecular flexibility index (Phi) is 22.0. The molecular formula is C56H72FIN8O8. The lowest BCUT2D eigenvalue weighted by atomic mass is 10.1. The van der Waals surface area contributed by atoms with Gasteiger partial charge in [-0.3, -0.25) is 4.70 Å². The molecule has 398 valence electrons. The van der Waals surface area contributed by atoms with Crippen molar-refractivity contribution in [3.8, 4) is 46.8 Å². The van der Waals surface area contributed by atoms with E-state index in [1.54, 1.807) is 25.5 Å². The summed E-state index contributed by atoms with van der Waals surface area (Å²) in [5, 5.41) is 30.6. The molecule has 18 heteroatoms. The minimum absolute atomic E-state index is 0. The quantitative estimate of drug-likeness (QED) is 0.0558. The van der Waals surface area contributed by atoms with Crippen LogP contribution in [0.1, 0.15) is 122 Å². The molecule has 3 aliphatic rings. The molecule has 3 unspecified atom stereocenters. The third-order valence-corrected chi connectivity index (χ3v) is 13.3. The molecule has 5 N–H and O–H groups in total. The van der Waals surface area contributed by atoms with Gasteiger partial charge in [0.05, 0.1) is 19.2 Å². The van der Waals surface area contributed by atoms with Crippen molar-refractivity contribution in [3.05, 3.63) is 118 Å². The van der Waals surface area contributed by atoms with Crippen LogP contribution in [0.4, 0.5) is 9.50 Å². The lowest BCUT2D eigenvalue weighted by Crippen LogP contribution is -2.35. The lowest BCUT2D eigenvalue weighted by Gasteiger charge is -2.26. The molecule has 9 rings (SSSR count). The van der Waals surface area contributed by atoms with Gasteiger partial charge in [-0.15, -0.1) is 12.3 Å². The average Bonchev–Trinajstić information content (AvgIpc) is 3.93. The zero-order chi connectivity index (χ0) is 51.4. The zero-order valence-corrected chi connectivity index (χ0v) is 44.5. The number of carbonyl (C=O) groups is 1. The predicted molar refractivity (Wildman–Crippen MR) is 290 cm³/mol. The lowest BCUT2D eigenvalue weighted by molar-refractivity contribution is -0.188. The summed E-state index contributed by atoms with van der Waals surface area (Å²) in [6.07, 6.45) is 16.0. The summed E-state index contributed by atoms with van der Waals surface area (Å²) in [6.45, 7) is 14.1. The van der Waals surface area contributed by atoms with E-state index < -0.39 is 17.8 Å². The molecular weight excluding hydrogens is 1060 g/mol. The maximum Gasteiger partial charge on any atom is 0.407 e. The normalized spacial score (nSPS) is 20.1. The number of aromatic nitrogens is 6. The van der Waals surface area contributed by atoms with Crippen LogP contribution in [0.25, 0.3) is 22.6 Å². The summed E-state index contributed by atoms with van der Waals surface area (Å²) in [7, 11) is 0. The van der Waals surface area contributed by atoms with Gasteiger partial charge in [0.25, 0.3) is 0 Å². The van der Waals surface area contributed by atoms with Crippen molar-refractivity contribution in [2.24, 2.45) is 35.3 Å². The highest BCUT2D eigenvalue weighted by atomic mass is 127. The fraction of sp³-hybridized carbons (Fsp3) is 0.482. The van der Waals surface area contributed by atoms with Crippen molar-refractivity contribution in [2.45, 2.75) is 124 Å². The summed E-state index contributed by atoms with van der Waals surface area (Å²) in [5.41, 5.74) is 9.51. The number of alkyl carbamates (subject to hydrolysis) is 1. The van der Waals surface area contributed by atoms with E-state index in [0.29, 0.717) is 49.0 Å². The minimum Gasteiger partial charge on any atom is -0.444 e. The Morgan fingerprint density at radius 2 is 1.47 bits per heavy atom. The number of ether oxygens (including phenoxy) is 3. The minimum atomic E-state index is -0.644. The van der Waals surface area contributed by atoms with E-state index in [1.807, 2.05) is 91.6 Å². The number of hydrogen-bond donors (Lipinski definition) is 4. The third kappa shape index (κ3) is 17.4. The number of rotatable bonds is 15. The highest BCUT2D eigenvalue weighted by Crippen LogP contribution is 2.43. The number of halogens is 2.